The third kappa shape index (κ3) is 3.28. The van der Waals surface area contributed by atoms with Gasteiger partial charge < -0.3 is 5.32 Å². The minimum Gasteiger partial charge on any atom is -0.326 e. The lowest BCUT2D eigenvalue weighted by Crippen LogP contribution is -2.32. The van der Waals surface area contributed by atoms with E-state index in [1.807, 2.05) is 6.92 Å². The summed E-state index contributed by atoms with van der Waals surface area (Å²) in [4.78, 5) is 37.7. The first kappa shape index (κ1) is 16.8. The van der Waals surface area contributed by atoms with Gasteiger partial charge in [-0.3, -0.25) is 19.3 Å². The van der Waals surface area contributed by atoms with Crippen LogP contribution in [0.3, 0.4) is 0 Å². The van der Waals surface area contributed by atoms with E-state index >= 15 is 0 Å². The average molecular weight is 340 g/mol. The van der Waals surface area contributed by atoms with E-state index in [4.69, 9.17) is 0 Å². The molecule has 0 spiro atoms. The number of halogens is 1. The van der Waals surface area contributed by atoms with E-state index in [-0.39, 0.29) is 13.0 Å². The lowest BCUT2D eigenvalue weighted by molar-refractivity contribution is -0.116. The van der Waals surface area contributed by atoms with Crippen LogP contribution in [0.25, 0.3) is 0 Å². The predicted octanol–water partition coefficient (Wildman–Crippen LogP) is 3.07. The van der Waals surface area contributed by atoms with E-state index in [1.54, 1.807) is 37.3 Å². The molecular weight excluding hydrogens is 323 g/mol. The molecule has 1 heterocycles. The monoisotopic (exact) mass is 340 g/mol. The number of rotatable bonds is 4. The first-order valence-corrected chi connectivity index (χ1v) is 7.89. The molecule has 0 aliphatic carbocycles. The summed E-state index contributed by atoms with van der Waals surface area (Å²) in [6.07, 6.45) is -0.0556. The number of aryl methyl sites for hydroxylation is 2. The summed E-state index contributed by atoms with van der Waals surface area (Å²) in [5.74, 6) is -1.59. The highest BCUT2D eigenvalue weighted by Gasteiger charge is 2.35. The van der Waals surface area contributed by atoms with E-state index in [0.29, 0.717) is 22.4 Å². The van der Waals surface area contributed by atoms with E-state index in [2.05, 4.69) is 5.32 Å². The van der Waals surface area contributed by atoms with Gasteiger partial charge in [-0.1, -0.05) is 17.7 Å². The lowest BCUT2D eigenvalue weighted by atomic mass is 10.1. The number of benzene rings is 2. The molecule has 1 aliphatic heterocycles. The number of nitrogens with one attached hydrogen (secondary N) is 1. The molecule has 0 saturated heterocycles. The number of imide groups is 1. The van der Waals surface area contributed by atoms with Crippen molar-refractivity contribution in [3.8, 4) is 0 Å². The maximum Gasteiger partial charge on any atom is 0.261 e. The van der Waals surface area contributed by atoms with Gasteiger partial charge in [0.15, 0.2) is 0 Å². The summed E-state index contributed by atoms with van der Waals surface area (Å²) in [6, 6.07) is 9.47. The molecule has 0 atom stereocenters. The quantitative estimate of drug-likeness (QED) is 0.870. The molecule has 3 rings (SSSR count). The summed E-state index contributed by atoms with van der Waals surface area (Å²) in [5, 5.41) is 2.57. The molecule has 0 unspecified atom stereocenters. The Morgan fingerprint density at radius 1 is 1.04 bits per heavy atom. The van der Waals surface area contributed by atoms with Gasteiger partial charge in [-0.25, -0.2) is 4.39 Å². The molecule has 6 heteroatoms. The van der Waals surface area contributed by atoms with Crippen molar-refractivity contribution >= 4 is 23.4 Å². The highest BCUT2D eigenvalue weighted by molar-refractivity contribution is 6.21. The van der Waals surface area contributed by atoms with Gasteiger partial charge in [-0.05, 0) is 43.7 Å². The molecule has 5 nitrogen and oxygen atoms in total. The molecule has 3 amide bonds. The average Bonchev–Trinajstić information content (AvgIpc) is 2.80. The standard InChI is InChI=1S/C19H17FN2O3/c1-11-3-6-14-15(9-11)19(25)22(18(14)24)8-7-17(23)21-13-5-4-12(2)16(20)10-13/h3-6,9-10H,7-8H2,1-2H3,(H,21,23). The molecule has 2 aromatic carbocycles. The fourth-order valence-corrected chi connectivity index (χ4v) is 2.72. The summed E-state index contributed by atoms with van der Waals surface area (Å²) in [6.45, 7) is 3.45. The minimum atomic E-state index is -0.409. The number of nitrogens with zero attached hydrogens (tertiary/aromatic N) is 1. The topological polar surface area (TPSA) is 66.5 Å². The Kier molecular flexibility index (Phi) is 4.35. The molecule has 128 valence electrons. The van der Waals surface area contributed by atoms with Crippen LogP contribution in [0.5, 0.6) is 0 Å². The zero-order valence-electron chi connectivity index (χ0n) is 13.9. The molecular formula is C19H17FN2O3. The number of hydrogen-bond acceptors (Lipinski definition) is 3. The Morgan fingerprint density at radius 2 is 1.76 bits per heavy atom. The van der Waals surface area contributed by atoms with Crippen LogP contribution in [0.4, 0.5) is 10.1 Å². The fourth-order valence-electron chi connectivity index (χ4n) is 2.72. The van der Waals surface area contributed by atoms with Gasteiger partial charge in [-0.2, -0.15) is 0 Å². The third-order valence-electron chi connectivity index (χ3n) is 4.14. The summed E-state index contributed by atoms with van der Waals surface area (Å²) < 4.78 is 13.5. The van der Waals surface area contributed by atoms with Gasteiger partial charge in [0.2, 0.25) is 5.91 Å². The van der Waals surface area contributed by atoms with Crippen LogP contribution in [0.1, 0.15) is 38.3 Å². The number of amides is 3. The van der Waals surface area contributed by atoms with Gasteiger partial charge in [0, 0.05) is 18.7 Å². The Labute approximate surface area is 144 Å². The second-order valence-electron chi connectivity index (χ2n) is 6.07. The van der Waals surface area contributed by atoms with E-state index in [1.165, 1.54) is 6.07 Å². The second kappa shape index (κ2) is 6.47. The molecule has 1 N–H and O–H groups in total. The maximum atomic E-state index is 13.5. The van der Waals surface area contributed by atoms with E-state index in [9.17, 15) is 18.8 Å². The molecule has 0 fully saturated rings. The molecule has 0 aromatic heterocycles. The van der Waals surface area contributed by atoms with Crippen molar-refractivity contribution in [1.82, 2.24) is 4.90 Å². The Morgan fingerprint density at radius 3 is 2.48 bits per heavy atom. The maximum absolute atomic E-state index is 13.5. The summed E-state index contributed by atoms with van der Waals surface area (Å²) in [5.41, 5.74) is 2.44. The second-order valence-corrected chi connectivity index (χ2v) is 6.07. The Hall–Kier alpha value is -3.02. The molecule has 1 aliphatic rings. The van der Waals surface area contributed by atoms with Gasteiger partial charge in [0.25, 0.3) is 11.8 Å². The number of carbonyl (C=O) groups excluding carboxylic acids is 3. The largest absolute Gasteiger partial charge is 0.326 e. The number of fused-ring (bicyclic) bond motifs is 1. The van der Waals surface area contributed by atoms with Gasteiger partial charge in [0.05, 0.1) is 11.1 Å². The van der Waals surface area contributed by atoms with Crippen molar-refractivity contribution in [2.24, 2.45) is 0 Å². The SMILES string of the molecule is Cc1ccc2c(c1)C(=O)N(CCC(=O)Nc1ccc(C)c(F)c1)C2=O. The normalized spacial score (nSPS) is 13.2. The molecule has 2 aromatic rings. The molecule has 0 radical (unpaired) electrons. The van der Waals surface area contributed by atoms with Crippen molar-refractivity contribution in [1.29, 1.82) is 0 Å². The van der Waals surface area contributed by atoms with Crippen LogP contribution in [0, 0.1) is 19.7 Å². The van der Waals surface area contributed by atoms with Gasteiger partial charge in [0.1, 0.15) is 5.82 Å². The fraction of sp³-hybridized carbons (Fsp3) is 0.211. The molecule has 0 bridgehead atoms. The van der Waals surface area contributed by atoms with Crippen LogP contribution in [-0.2, 0) is 4.79 Å². The molecule has 0 saturated carbocycles. The van der Waals surface area contributed by atoms with Crippen molar-refractivity contribution in [3.63, 3.8) is 0 Å². The Bertz CT molecular complexity index is 892. The molecule has 25 heavy (non-hydrogen) atoms. The van der Waals surface area contributed by atoms with Crippen molar-refractivity contribution in [2.45, 2.75) is 20.3 Å². The van der Waals surface area contributed by atoms with Crippen LogP contribution < -0.4 is 5.32 Å². The first-order chi connectivity index (χ1) is 11.9. The number of anilines is 1. The van der Waals surface area contributed by atoms with Crippen molar-refractivity contribution in [3.05, 3.63) is 64.5 Å². The summed E-state index contributed by atoms with van der Waals surface area (Å²) >= 11 is 0. The van der Waals surface area contributed by atoms with Gasteiger partial charge >= 0.3 is 0 Å². The van der Waals surface area contributed by atoms with Crippen LogP contribution in [-0.4, -0.2) is 29.2 Å². The van der Waals surface area contributed by atoms with Crippen LogP contribution in [0.15, 0.2) is 36.4 Å². The minimum absolute atomic E-state index is 0.0223. The smallest absolute Gasteiger partial charge is 0.261 e. The van der Waals surface area contributed by atoms with Gasteiger partial charge in [-0.15, -0.1) is 0 Å². The first-order valence-electron chi connectivity index (χ1n) is 7.89. The highest BCUT2D eigenvalue weighted by Crippen LogP contribution is 2.24. The van der Waals surface area contributed by atoms with Crippen LogP contribution >= 0.6 is 0 Å². The zero-order valence-corrected chi connectivity index (χ0v) is 13.9. The van der Waals surface area contributed by atoms with Crippen LogP contribution in [0.2, 0.25) is 0 Å². The predicted molar refractivity (Wildman–Crippen MR) is 90.9 cm³/mol. The van der Waals surface area contributed by atoms with Crippen molar-refractivity contribution < 1.29 is 18.8 Å². The number of carbonyl (C=O) groups is 3. The lowest BCUT2D eigenvalue weighted by Gasteiger charge is -2.13. The van der Waals surface area contributed by atoms with E-state index in [0.717, 1.165) is 10.5 Å². The third-order valence-corrected chi connectivity index (χ3v) is 4.14. The Balaban J connectivity index is 1.64. The zero-order chi connectivity index (χ0) is 18.1. The van der Waals surface area contributed by atoms with Crippen molar-refractivity contribution in [2.75, 3.05) is 11.9 Å². The van der Waals surface area contributed by atoms with E-state index < -0.39 is 23.5 Å². The highest BCUT2D eigenvalue weighted by atomic mass is 19.1. The number of hydrogen-bond donors (Lipinski definition) is 1. The summed E-state index contributed by atoms with van der Waals surface area (Å²) in [7, 11) is 0.